The van der Waals surface area contributed by atoms with E-state index in [1.165, 1.54) is 12.0 Å². The lowest BCUT2D eigenvalue weighted by molar-refractivity contribution is -0.107. The smallest absolute Gasteiger partial charge is 0.138 e. The molecule has 2 aromatic heterocycles. The van der Waals surface area contributed by atoms with Crippen LogP contribution in [0.1, 0.15) is 57.2 Å². The van der Waals surface area contributed by atoms with Gasteiger partial charge in [-0.1, -0.05) is 19.9 Å². The van der Waals surface area contributed by atoms with E-state index in [9.17, 15) is 4.79 Å². The third-order valence-electron chi connectivity index (χ3n) is 6.66. The number of hydrogen-bond donors (Lipinski definition) is 0. The molecule has 1 aliphatic heterocycles. The number of hydrogen-bond acceptors (Lipinski definition) is 5. The maximum absolute atomic E-state index is 11.5. The summed E-state index contributed by atoms with van der Waals surface area (Å²) in [5.41, 5.74) is 6.64. The average Bonchev–Trinajstić information content (AvgIpc) is 3.28. The number of carbonyl (C=O) groups is 1. The number of aromatic nitrogens is 2. The highest BCUT2D eigenvalue weighted by Gasteiger charge is 2.29. The molecule has 5 heteroatoms. The molecule has 2 aromatic rings. The lowest BCUT2D eigenvalue weighted by Crippen LogP contribution is -2.38. The zero-order valence-electron chi connectivity index (χ0n) is 19.0. The average molecular weight is 420 g/mol. The van der Waals surface area contributed by atoms with Gasteiger partial charge < -0.3 is 14.4 Å². The van der Waals surface area contributed by atoms with Crippen LogP contribution >= 0.6 is 0 Å². The number of allylic oxidation sites excluding steroid dienone is 1. The summed E-state index contributed by atoms with van der Waals surface area (Å²) in [6.07, 6.45) is 13.1. The molecule has 2 aliphatic rings. The van der Waals surface area contributed by atoms with Gasteiger partial charge in [-0.15, -0.1) is 0 Å². The predicted octanol–water partition coefficient (Wildman–Crippen LogP) is 5.31. The fourth-order valence-electron chi connectivity index (χ4n) is 4.52. The first-order valence-electron chi connectivity index (χ1n) is 11.4. The van der Waals surface area contributed by atoms with Crippen LogP contribution in [0.4, 0.5) is 5.69 Å². The van der Waals surface area contributed by atoms with Gasteiger partial charge in [-0.2, -0.15) is 0 Å². The Kier molecular flexibility index (Phi) is 6.40. The molecule has 1 fully saturated rings. The van der Waals surface area contributed by atoms with Gasteiger partial charge in [0.25, 0.3) is 0 Å². The molecule has 1 aliphatic carbocycles. The Hall–Kier alpha value is -2.69. The Bertz CT molecular complexity index is 953. The number of nitrogens with zero attached hydrogens (tertiary/aromatic N) is 3. The summed E-state index contributed by atoms with van der Waals surface area (Å²) in [5, 5.41) is 0. The van der Waals surface area contributed by atoms with E-state index in [4.69, 9.17) is 9.72 Å². The molecular weight excluding hydrogens is 386 g/mol. The first-order valence-corrected chi connectivity index (χ1v) is 11.4. The van der Waals surface area contributed by atoms with Gasteiger partial charge in [-0.25, -0.2) is 0 Å². The van der Waals surface area contributed by atoms with E-state index in [-0.39, 0.29) is 0 Å². The number of anilines is 1. The Morgan fingerprint density at radius 3 is 2.61 bits per heavy atom. The topological polar surface area (TPSA) is 55.3 Å². The molecule has 4 rings (SSSR count). The molecule has 0 N–H and O–H groups in total. The van der Waals surface area contributed by atoms with Crippen LogP contribution < -0.4 is 9.64 Å². The molecule has 0 atom stereocenters. The molecule has 0 spiro atoms. The van der Waals surface area contributed by atoms with Crippen LogP contribution in [0.15, 0.2) is 36.2 Å². The SMILES string of the molecule is Cc1ncc(-c2ccc(OCC3=CCCC3)cn2)c(N2CCC(C)(C)CC2)c1CC=O. The van der Waals surface area contributed by atoms with Crippen molar-refractivity contribution in [2.45, 2.75) is 59.3 Å². The monoisotopic (exact) mass is 419 g/mol. The summed E-state index contributed by atoms with van der Waals surface area (Å²) in [6.45, 7) is 9.25. The van der Waals surface area contributed by atoms with Crippen LogP contribution in [0.25, 0.3) is 11.3 Å². The normalized spacial score (nSPS) is 18.0. The molecule has 0 saturated carbocycles. The van der Waals surface area contributed by atoms with Crippen molar-refractivity contribution in [1.82, 2.24) is 9.97 Å². The van der Waals surface area contributed by atoms with Crippen molar-refractivity contribution >= 4 is 12.0 Å². The minimum Gasteiger partial charge on any atom is -0.488 e. The van der Waals surface area contributed by atoms with Gasteiger partial charge in [0.05, 0.1) is 17.6 Å². The minimum absolute atomic E-state index is 0.357. The first kappa shape index (κ1) is 21.5. The number of piperidine rings is 1. The predicted molar refractivity (Wildman–Crippen MR) is 125 cm³/mol. The maximum atomic E-state index is 11.5. The highest BCUT2D eigenvalue weighted by molar-refractivity contribution is 5.81. The molecule has 0 bridgehead atoms. The molecule has 0 unspecified atom stereocenters. The number of pyridine rings is 2. The van der Waals surface area contributed by atoms with Gasteiger partial charge in [0, 0.05) is 42.5 Å². The molecule has 0 amide bonds. The molecule has 164 valence electrons. The van der Waals surface area contributed by atoms with Crippen molar-refractivity contribution in [2.24, 2.45) is 5.41 Å². The van der Waals surface area contributed by atoms with E-state index in [0.717, 1.165) is 79.0 Å². The van der Waals surface area contributed by atoms with Crippen LogP contribution in [0.2, 0.25) is 0 Å². The first-order chi connectivity index (χ1) is 15.0. The van der Waals surface area contributed by atoms with Crippen LogP contribution in [0.5, 0.6) is 5.75 Å². The van der Waals surface area contributed by atoms with E-state index < -0.39 is 0 Å². The Morgan fingerprint density at radius 1 is 1.16 bits per heavy atom. The summed E-state index contributed by atoms with van der Waals surface area (Å²) in [6, 6.07) is 3.99. The van der Waals surface area contributed by atoms with Gasteiger partial charge >= 0.3 is 0 Å². The van der Waals surface area contributed by atoms with E-state index >= 15 is 0 Å². The van der Waals surface area contributed by atoms with Crippen molar-refractivity contribution in [2.75, 3.05) is 24.6 Å². The summed E-state index contributed by atoms with van der Waals surface area (Å²) < 4.78 is 5.93. The van der Waals surface area contributed by atoms with Gasteiger partial charge in [-0.3, -0.25) is 9.97 Å². The highest BCUT2D eigenvalue weighted by Crippen LogP contribution is 2.39. The van der Waals surface area contributed by atoms with E-state index in [1.54, 1.807) is 6.20 Å². The van der Waals surface area contributed by atoms with Gasteiger partial charge in [0.15, 0.2) is 0 Å². The molecule has 0 radical (unpaired) electrons. The Labute approximate surface area is 185 Å². The summed E-state index contributed by atoms with van der Waals surface area (Å²) in [4.78, 5) is 23.2. The molecule has 1 saturated heterocycles. The number of carbonyl (C=O) groups excluding carboxylic acids is 1. The molecule has 5 nitrogen and oxygen atoms in total. The summed E-state index contributed by atoms with van der Waals surface area (Å²) in [7, 11) is 0. The zero-order chi connectivity index (χ0) is 21.8. The number of ether oxygens (including phenoxy) is 1. The second-order valence-electron chi connectivity index (χ2n) is 9.53. The van der Waals surface area contributed by atoms with Gasteiger partial charge in [-0.05, 0) is 62.1 Å². The van der Waals surface area contributed by atoms with Gasteiger partial charge in [0.1, 0.15) is 18.6 Å². The third kappa shape index (κ3) is 4.97. The van der Waals surface area contributed by atoms with Crippen molar-refractivity contribution in [3.05, 3.63) is 47.4 Å². The van der Waals surface area contributed by atoms with Crippen molar-refractivity contribution in [3.8, 4) is 17.0 Å². The highest BCUT2D eigenvalue weighted by atomic mass is 16.5. The molecular formula is C26H33N3O2. The van der Waals surface area contributed by atoms with Gasteiger partial charge in [0.2, 0.25) is 0 Å². The van der Waals surface area contributed by atoms with Crippen molar-refractivity contribution in [3.63, 3.8) is 0 Å². The Morgan fingerprint density at radius 2 is 1.97 bits per heavy atom. The van der Waals surface area contributed by atoms with Crippen LogP contribution in [-0.2, 0) is 11.2 Å². The molecule has 3 heterocycles. The minimum atomic E-state index is 0.357. The quantitative estimate of drug-likeness (QED) is 0.450. The molecule has 31 heavy (non-hydrogen) atoms. The fourth-order valence-corrected chi connectivity index (χ4v) is 4.52. The maximum Gasteiger partial charge on any atom is 0.138 e. The van der Waals surface area contributed by atoms with E-state index in [2.05, 4.69) is 29.8 Å². The van der Waals surface area contributed by atoms with E-state index in [0.29, 0.717) is 18.4 Å². The number of rotatable bonds is 7. The number of aryl methyl sites for hydroxylation is 1. The van der Waals surface area contributed by atoms with Crippen molar-refractivity contribution in [1.29, 1.82) is 0 Å². The molecule has 0 aromatic carbocycles. The van der Waals surface area contributed by atoms with Crippen LogP contribution in [0, 0.1) is 12.3 Å². The largest absolute Gasteiger partial charge is 0.488 e. The Balaban J connectivity index is 1.62. The number of aldehydes is 1. The van der Waals surface area contributed by atoms with Crippen LogP contribution in [-0.4, -0.2) is 36.0 Å². The fraction of sp³-hybridized carbons (Fsp3) is 0.500. The zero-order valence-corrected chi connectivity index (χ0v) is 19.0. The van der Waals surface area contributed by atoms with Crippen LogP contribution in [0.3, 0.4) is 0 Å². The van der Waals surface area contributed by atoms with Crippen molar-refractivity contribution < 1.29 is 9.53 Å². The lowest BCUT2D eigenvalue weighted by atomic mass is 9.82. The summed E-state index contributed by atoms with van der Waals surface area (Å²) >= 11 is 0. The summed E-state index contributed by atoms with van der Waals surface area (Å²) in [5.74, 6) is 0.783. The van der Waals surface area contributed by atoms with E-state index in [1.807, 2.05) is 25.3 Å². The second-order valence-corrected chi connectivity index (χ2v) is 9.53. The third-order valence-corrected chi connectivity index (χ3v) is 6.66. The lowest BCUT2D eigenvalue weighted by Gasteiger charge is -2.40. The standard InChI is InChI=1S/C26H33N3O2/c1-19-22(10-15-30)25(29-13-11-26(2,3)12-14-29)23(17-27-19)24-9-8-21(16-28-24)31-18-20-6-4-5-7-20/h6,8-9,15-17H,4-5,7,10-14,18H2,1-3H3. The second kappa shape index (κ2) is 9.21.